The van der Waals surface area contributed by atoms with Crippen LogP contribution >= 0.6 is 0 Å². The molecule has 0 amide bonds. The SMILES string of the molecule is N#CCc1nnc2ccc(-c3ccccc3)nn12. The third-order valence-corrected chi connectivity index (χ3v) is 2.63. The molecule has 0 aliphatic heterocycles. The van der Waals surface area contributed by atoms with Gasteiger partial charge < -0.3 is 0 Å². The van der Waals surface area contributed by atoms with Crippen LogP contribution in [0.4, 0.5) is 0 Å². The fraction of sp³-hybridized carbons (Fsp3) is 0.0769. The lowest BCUT2D eigenvalue weighted by Crippen LogP contribution is -1.99. The van der Waals surface area contributed by atoms with Crippen LogP contribution in [0.2, 0.25) is 0 Å². The third-order valence-electron chi connectivity index (χ3n) is 2.63. The number of aromatic nitrogens is 4. The van der Waals surface area contributed by atoms with E-state index in [1.165, 1.54) is 0 Å². The molecule has 0 atom stereocenters. The van der Waals surface area contributed by atoms with Gasteiger partial charge in [0.25, 0.3) is 0 Å². The molecule has 2 heterocycles. The van der Waals surface area contributed by atoms with Gasteiger partial charge in [-0.1, -0.05) is 30.3 Å². The molecule has 0 unspecified atom stereocenters. The van der Waals surface area contributed by atoms with Crippen molar-refractivity contribution < 1.29 is 0 Å². The van der Waals surface area contributed by atoms with E-state index in [0.29, 0.717) is 11.5 Å². The second-order valence-electron chi connectivity index (χ2n) is 3.81. The van der Waals surface area contributed by atoms with Gasteiger partial charge in [-0.15, -0.1) is 10.2 Å². The molecule has 0 fully saturated rings. The Morgan fingerprint density at radius 3 is 2.67 bits per heavy atom. The summed E-state index contributed by atoms with van der Waals surface area (Å²) in [7, 11) is 0. The topological polar surface area (TPSA) is 66.9 Å². The molecule has 3 rings (SSSR count). The monoisotopic (exact) mass is 235 g/mol. The van der Waals surface area contributed by atoms with Crippen molar-refractivity contribution in [3.63, 3.8) is 0 Å². The highest BCUT2D eigenvalue weighted by Crippen LogP contribution is 2.16. The van der Waals surface area contributed by atoms with Crippen LogP contribution in [0.1, 0.15) is 5.82 Å². The van der Waals surface area contributed by atoms with Gasteiger partial charge >= 0.3 is 0 Å². The first-order valence-electron chi connectivity index (χ1n) is 5.52. The van der Waals surface area contributed by atoms with E-state index < -0.39 is 0 Å². The maximum absolute atomic E-state index is 8.72. The second kappa shape index (κ2) is 4.26. The Morgan fingerprint density at radius 1 is 1.06 bits per heavy atom. The number of nitriles is 1. The molecule has 0 aliphatic rings. The Kier molecular flexibility index (Phi) is 2.47. The zero-order chi connectivity index (χ0) is 12.4. The highest BCUT2D eigenvalue weighted by atomic mass is 15.4. The van der Waals surface area contributed by atoms with Crippen molar-refractivity contribution in [3.8, 4) is 17.3 Å². The molecule has 0 saturated heterocycles. The quantitative estimate of drug-likeness (QED) is 0.680. The minimum atomic E-state index is 0.201. The molecule has 0 aliphatic carbocycles. The van der Waals surface area contributed by atoms with Gasteiger partial charge in [-0.05, 0) is 12.1 Å². The number of nitrogens with zero attached hydrogens (tertiary/aromatic N) is 5. The van der Waals surface area contributed by atoms with Crippen molar-refractivity contribution >= 4 is 5.65 Å². The van der Waals surface area contributed by atoms with Crippen LogP contribution < -0.4 is 0 Å². The predicted molar refractivity (Wildman–Crippen MR) is 65.5 cm³/mol. The fourth-order valence-corrected chi connectivity index (χ4v) is 1.78. The van der Waals surface area contributed by atoms with Gasteiger partial charge in [0.1, 0.15) is 0 Å². The molecular formula is C13H9N5. The summed E-state index contributed by atoms with van der Waals surface area (Å²) >= 11 is 0. The van der Waals surface area contributed by atoms with Crippen molar-refractivity contribution in [1.82, 2.24) is 19.8 Å². The van der Waals surface area contributed by atoms with E-state index in [1.54, 1.807) is 4.52 Å². The number of hydrogen-bond donors (Lipinski definition) is 0. The molecule has 5 nitrogen and oxygen atoms in total. The molecule has 3 aromatic rings. The number of rotatable bonds is 2. The molecule has 0 radical (unpaired) electrons. The van der Waals surface area contributed by atoms with E-state index in [0.717, 1.165) is 11.3 Å². The summed E-state index contributed by atoms with van der Waals surface area (Å²) < 4.78 is 1.62. The molecule has 18 heavy (non-hydrogen) atoms. The van der Waals surface area contributed by atoms with Crippen molar-refractivity contribution in [2.24, 2.45) is 0 Å². The summed E-state index contributed by atoms with van der Waals surface area (Å²) in [5, 5.41) is 21.1. The smallest absolute Gasteiger partial charge is 0.177 e. The van der Waals surface area contributed by atoms with E-state index >= 15 is 0 Å². The Labute approximate surface area is 103 Å². The Balaban J connectivity index is 2.16. The fourth-order valence-electron chi connectivity index (χ4n) is 1.78. The van der Waals surface area contributed by atoms with Crippen molar-refractivity contribution in [2.45, 2.75) is 6.42 Å². The molecule has 0 saturated carbocycles. The molecule has 2 aromatic heterocycles. The molecule has 0 bridgehead atoms. The Bertz CT molecular complexity index is 724. The molecule has 5 heteroatoms. The first kappa shape index (κ1) is 10.4. The lowest BCUT2D eigenvalue weighted by molar-refractivity contribution is 0.854. The van der Waals surface area contributed by atoms with Crippen LogP contribution in [0.5, 0.6) is 0 Å². The average Bonchev–Trinajstić information content (AvgIpc) is 2.83. The molecule has 86 valence electrons. The van der Waals surface area contributed by atoms with Crippen molar-refractivity contribution in [2.75, 3.05) is 0 Å². The van der Waals surface area contributed by atoms with Gasteiger partial charge in [-0.25, -0.2) is 0 Å². The maximum atomic E-state index is 8.72. The summed E-state index contributed by atoms with van der Waals surface area (Å²) in [5.74, 6) is 0.560. The highest BCUT2D eigenvalue weighted by molar-refractivity contribution is 5.59. The van der Waals surface area contributed by atoms with E-state index in [2.05, 4.69) is 21.4 Å². The van der Waals surface area contributed by atoms with Gasteiger partial charge in [0.15, 0.2) is 11.5 Å². The van der Waals surface area contributed by atoms with Crippen LogP contribution in [0, 0.1) is 11.3 Å². The van der Waals surface area contributed by atoms with Gasteiger partial charge in [-0.2, -0.15) is 14.9 Å². The van der Waals surface area contributed by atoms with E-state index in [9.17, 15) is 0 Å². The van der Waals surface area contributed by atoms with Crippen LogP contribution in [0.25, 0.3) is 16.9 Å². The lowest BCUT2D eigenvalue weighted by Gasteiger charge is -2.01. The highest BCUT2D eigenvalue weighted by Gasteiger charge is 2.07. The van der Waals surface area contributed by atoms with E-state index in [4.69, 9.17) is 5.26 Å². The van der Waals surface area contributed by atoms with Crippen LogP contribution in [0.3, 0.4) is 0 Å². The van der Waals surface area contributed by atoms with Crippen LogP contribution in [-0.2, 0) is 6.42 Å². The molecule has 0 N–H and O–H groups in total. The van der Waals surface area contributed by atoms with Crippen molar-refractivity contribution in [1.29, 1.82) is 5.26 Å². The van der Waals surface area contributed by atoms with Gasteiger partial charge in [0.2, 0.25) is 0 Å². The summed E-state index contributed by atoms with van der Waals surface area (Å²) in [5.41, 5.74) is 2.51. The van der Waals surface area contributed by atoms with E-state index in [1.807, 2.05) is 42.5 Å². The zero-order valence-corrected chi connectivity index (χ0v) is 9.48. The van der Waals surface area contributed by atoms with Crippen molar-refractivity contribution in [3.05, 3.63) is 48.3 Å². The average molecular weight is 235 g/mol. The van der Waals surface area contributed by atoms with Gasteiger partial charge in [0.05, 0.1) is 18.2 Å². The predicted octanol–water partition coefficient (Wildman–Crippen LogP) is 1.86. The third kappa shape index (κ3) is 1.70. The van der Waals surface area contributed by atoms with Gasteiger partial charge in [0, 0.05) is 5.56 Å². The Hall–Kier alpha value is -2.74. The maximum Gasteiger partial charge on any atom is 0.177 e. The molecule has 0 spiro atoms. The summed E-state index contributed by atoms with van der Waals surface area (Å²) in [6.07, 6.45) is 0.201. The van der Waals surface area contributed by atoms with Gasteiger partial charge in [-0.3, -0.25) is 0 Å². The first-order valence-corrected chi connectivity index (χ1v) is 5.52. The summed E-state index contributed by atoms with van der Waals surface area (Å²) in [4.78, 5) is 0. The number of benzene rings is 1. The van der Waals surface area contributed by atoms with Crippen LogP contribution in [-0.4, -0.2) is 19.8 Å². The lowest BCUT2D eigenvalue weighted by atomic mass is 10.1. The minimum Gasteiger partial charge on any atom is -0.198 e. The summed E-state index contributed by atoms with van der Waals surface area (Å²) in [6.45, 7) is 0. The normalized spacial score (nSPS) is 10.4. The minimum absolute atomic E-state index is 0.201. The number of fused-ring (bicyclic) bond motifs is 1. The standard InChI is InChI=1S/C13H9N5/c14-9-8-13-16-15-12-7-6-11(17-18(12)13)10-4-2-1-3-5-10/h1-7H,8H2. The molecular weight excluding hydrogens is 226 g/mol. The molecule has 1 aromatic carbocycles. The zero-order valence-electron chi connectivity index (χ0n) is 9.48. The Morgan fingerprint density at radius 2 is 1.89 bits per heavy atom. The summed E-state index contributed by atoms with van der Waals surface area (Å²) in [6, 6.07) is 15.7. The second-order valence-corrected chi connectivity index (χ2v) is 3.81. The number of hydrogen-bond acceptors (Lipinski definition) is 4. The van der Waals surface area contributed by atoms with Crippen LogP contribution in [0.15, 0.2) is 42.5 Å². The largest absolute Gasteiger partial charge is 0.198 e. The first-order chi connectivity index (χ1) is 8.88. The van der Waals surface area contributed by atoms with E-state index in [-0.39, 0.29) is 6.42 Å².